The van der Waals surface area contributed by atoms with E-state index in [0.717, 1.165) is 5.56 Å². The second-order valence-corrected chi connectivity index (χ2v) is 5.57. The van der Waals surface area contributed by atoms with Crippen LogP contribution in [0.4, 0.5) is 0 Å². The van der Waals surface area contributed by atoms with Crippen molar-refractivity contribution < 1.29 is 5.11 Å². The van der Waals surface area contributed by atoms with Crippen molar-refractivity contribution in [1.29, 1.82) is 5.26 Å². The first-order chi connectivity index (χ1) is 11.6. The summed E-state index contributed by atoms with van der Waals surface area (Å²) < 4.78 is 1.38. The Morgan fingerprint density at radius 1 is 1.21 bits per heavy atom. The molecule has 1 atom stereocenters. The van der Waals surface area contributed by atoms with Gasteiger partial charge in [-0.05, 0) is 17.7 Å². The third-order valence-corrected chi connectivity index (χ3v) is 3.83. The average Bonchev–Trinajstić information content (AvgIpc) is 2.58. The normalized spacial score (nSPS) is 12.0. The molecule has 0 amide bonds. The maximum atomic E-state index is 12.5. The van der Waals surface area contributed by atoms with Gasteiger partial charge in [-0.1, -0.05) is 30.3 Å². The molecule has 6 heteroatoms. The maximum Gasteiger partial charge on any atom is 0.266 e. The smallest absolute Gasteiger partial charge is 0.266 e. The van der Waals surface area contributed by atoms with Crippen molar-refractivity contribution in [2.75, 3.05) is 0 Å². The van der Waals surface area contributed by atoms with Crippen LogP contribution < -0.4 is 11.1 Å². The van der Waals surface area contributed by atoms with Crippen LogP contribution in [0.3, 0.4) is 0 Å². The lowest BCUT2D eigenvalue weighted by molar-refractivity contribution is 0.153. The number of hydrogen-bond donors (Lipinski definition) is 2. The number of rotatable bonds is 4. The number of pyridine rings is 2. The minimum atomic E-state index is -0.722. The Kier molecular flexibility index (Phi) is 4.27. The molecule has 0 fully saturated rings. The molecule has 1 aromatic carbocycles. The second kappa shape index (κ2) is 6.52. The zero-order valence-corrected chi connectivity index (χ0v) is 12.8. The zero-order chi connectivity index (χ0) is 17.1. The van der Waals surface area contributed by atoms with Gasteiger partial charge in [0.05, 0.1) is 23.6 Å². The maximum absolute atomic E-state index is 12.5. The average molecular weight is 321 g/mol. The Morgan fingerprint density at radius 2 is 1.96 bits per heavy atom. The van der Waals surface area contributed by atoms with Crippen molar-refractivity contribution in [3.05, 3.63) is 80.5 Å². The Balaban J connectivity index is 1.91. The van der Waals surface area contributed by atoms with Crippen LogP contribution in [0.15, 0.2) is 58.3 Å². The molecule has 0 bridgehead atoms. The summed E-state index contributed by atoms with van der Waals surface area (Å²) in [7, 11) is 0. The number of nitrogens with one attached hydrogen (secondary N) is 1. The van der Waals surface area contributed by atoms with Crippen molar-refractivity contribution in [3.63, 3.8) is 0 Å². The fourth-order valence-electron chi connectivity index (χ4n) is 2.64. The molecule has 6 nitrogen and oxygen atoms in total. The summed E-state index contributed by atoms with van der Waals surface area (Å²) in [5.41, 5.74) is 0.369. The number of fused-ring (bicyclic) bond motifs is 1. The van der Waals surface area contributed by atoms with Crippen LogP contribution in [0, 0.1) is 11.3 Å². The highest BCUT2D eigenvalue weighted by molar-refractivity contribution is 5.78. The van der Waals surface area contributed by atoms with Gasteiger partial charge in [-0.15, -0.1) is 0 Å². The molecule has 0 saturated carbocycles. The van der Waals surface area contributed by atoms with Crippen LogP contribution in [-0.4, -0.2) is 20.8 Å². The van der Waals surface area contributed by atoms with E-state index in [4.69, 9.17) is 5.26 Å². The van der Waals surface area contributed by atoms with Gasteiger partial charge >= 0.3 is 0 Å². The van der Waals surface area contributed by atoms with Crippen LogP contribution >= 0.6 is 0 Å². The monoisotopic (exact) mass is 321 g/mol. The molecule has 120 valence electrons. The minimum absolute atomic E-state index is 0.109. The Morgan fingerprint density at radius 3 is 2.67 bits per heavy atom. The van der Waals surface area contributed by atoms with E-state index in [0.29, 0.717) is 11.9 Å². The van der Waals surface area contributed by atoms with Crippen LogP contribution in [0.2, 0.25) is 0 Å². The summed E-state index contributed by atoms with van der Waals surface area (Å²) in [4.78, 5) is 26.6. The summed E-state index contributed by atoms with van der Waals surface area (Å²) in [6, 6.07) is 14.2. The van der Waals surface area contributed by atoms with Crippen LogP contribution in [-0.2, 0) is 13.0 Å². The van der Waals surface area contributed by atoms with Crippen LogP contribution in [0.25, 0.3) is 10.9 Å². The van der Waals surface area contributed by atoms with E-state index in [-0.39, 0.29) is 23.1 Å². The molecule has 3 aromatic rings. The van der Waals surface area contributed by atoms with E-state index >= 15 is 0 Å². The molecule has 0 radical (unpaired) electrons. The molecule has 0 aliphatic rings. The summed E-state index contributed by atoms with van der Waals surface area (Å²) in [6.45, 7) is 0.130. The molecule has 0 aliphatic carbocycles. The molecule has 0 saturated heterocycles. The molecule has 2 aromatic heterocycles. The first-order valence-corrected chi connectivity index (χ1v) is 7.47. The molecular formula is C18H15N3O3. The third kappa shape index (κ3) is 3.12. The van der Waals surface area contributed by atoms with Gasteiger partial charge in [0, 0.05) is 12.6 Å². The highest BCUT2D eigenvalue weighted by atomic mass is 16.3. The number of H-pyrrole nitrogens is 1. The summed E-state index contributed by atoms with van der Waals surface area (Å²) in [6.07, 6.45) is 1.24. The van der Waals surface area contributed by atoms with Gasteiger partial charge < -0.3 is 14.7 Å². The Bertz CT molecular complexity index is 1030. The van der Waals surface area contributed by atoms with E-state index < -0.39 is 11.7 Å². The number of aromatic nitrogens is 2. The van der Waals surface area contributed by atoms with Crippen LogP contribution in [0.5, 0.6) is 0 Å². The summed E-state index contributed by atoms with van der Waals surface area (Å²) in [5, 5.41) is 19.4. The van der Waals surface area contributed by atoms with Gasteiger partial charge in [-0.25, -0.2) is 0 Å². The van der Waals surface area contributed by atoms with Crippen molar-refractivity contribution in [2.45, 2.75) is 19.1 Å². The molecule has 0 unspecified atom stereocenters. The van der Waals surface area contributed by atoms with E-state index in [9.17, 15) is 14.7 Å². The Hall–Kier alpha value is -3.17. The first kappa shape index (κ1) is 15.7. The molecule has 0 aliphatic heterocycles. The van der Waals surface area contributed by atoms with Crippen molar-refractivity contribution in [1.82, 2.24) is 9.55 Å². The topological polar surface area (TPSA) is 98.9 Å². The standard InChI is InChI=1S/C18H15N3O3/c19-10-13-9-15-16(20-17(13)23)6-7-21(18(15)24)11-14(22)8-12-4-2-1-3-5-12/h1-7,9,14,22H,8,11H2,(H,20,23)/t14-/m1/s1. The van der Waals surface area contributed by atoms with Crippen molar-refractivity contribution in [2.24, 2.45) is 0 Å². The SMILES string of the molecule is N#Cc1cc2c(=O)n(C[C@H](O)Cc3ccccc3)ccc2[nH]c1=O. The Labute approximate surface area is 137 Å². The van der Waals surface area contributed by atoms with Crippen molar-refractivity contribution in [3.8, 4) is 6.07 Å². The van der Waals surface area contributed by atoms with Gasteiger partial charge in [-0.3, -0.25) is 9.59 Å². The van der Waals surface area contributed by atoms with Gasteiger partial charge in [0.2, 0.25) is 0 Å². The van der Waals surface area contributed by atoms with E-state index in [1.54, 1.807) is 12.1 Å². The van der Waals surface area contributed by atoms with Gasteiger partial charge in [0.25, 0.3) is 11.1 Å². The van der Waals surface area contributed by atoms with Crippen molar-refractivity contribution >= 4 is 10.9 Å². The van der Waals surface area contributed by atoms with Gasteiger partial charge in [-0.2, -0.15) is 5.26 Å². The predicted molar refractivity (Wildman–Crippen MR) is 89.7 cm³/mol. The van der Waals surface area contributed by atoms with E-state index in [1.807, 2.05) is 30.3 Å². The predicted octanol–water partition coefficient (Wildman–Crippen LogP) is 1.17. The number of nitrogens with zero attached hydrogens (tertiary/aromatic N) is 2. The number of hydrogen-bond acceptors (Lipinski definition) is 4. The molecule has 3 rings (SSSR count). The zero-order valence-electron chi connectivity index (χ0n) is 12.8. The summed E-state index contributed by atoms with van der Waals surface area (Å²) in [5.74, 6) is 0. The highest BCUT2D eigenvalue weighted by Crippen LogP contribution is 2.08. The van der Waals surface area contributed by atoms with E-state index in [2.05, 4.69) is 4.98 Å². The number of benzene rings is 1. The lowest BCUT2D eigenvalue weighted by atomic mass is 10.1. The number of aliphatic hydroxyl groups excluding tert-OH is 1. The molecule has 2 heterocycles. The fourth-order valence-corrected chi connectivity index (χ4v) is 2.64. The van der Waals surface area contributed by atoms with Gasteiger partial charge in [0.15, 0.2) is 0 Å². The molecule has 0 spiro atoms. The molecule has 2 N–H and O–H groups in total. The quantitative estimate of drug-likeness (QED) is 0.753. The van der Waals surface area contributed by atoms with E-state index in [1.165, 1.54) is 16.8 Å². The van der Waals surface area contributed by atoms with Gasteiger partial charge in [0.1, 0.15) is 11.6 Å². The number of nitriles is 1. The number of aromatic amines is 1. The lowest BCUT2D eigenvalue weighted by Gasteiger charge is -2.13. The molecular weight excluding hydrogens is 306 g/mol. The van der Waals surface area contributed by atoms with Crippen LogP contribution in [0.1, 0.15) is 11.1 Å². The fraction of sp³-hybridized carbons (Fsp3) is 0.167. The minimum Gasteiger partial charge on any atom is -0.391 e. The highest BCUT2D eigenvalue weighted by Gasteiger charge is 2.11. The summed E-state index contributed by atoms with van der Waals surface area (Å²) >= 11 is 0. The first-order valence-electron chi connectivity index (χ1n) is 7.47. The number of aliphatic hydroxyl groups is 1. The third-order valence-electron chi connectivity index (χ3n) is 3.83. The largest absolute Gasteiger partial charge is 0.391 e. The second-order valence-electron chi connectivity index (χ2n) is 5.57. The molecule has 24 heavy (non-hydrogen) atoms. The lowest BCUT2D eigenvalue weighted by Crippen LogP contribution is -2.28.